The van der Waals surface area contributed by atoms with Gasteiger partial charge in [0.15, 0.2) is 0 Å². The van der Waals surface area contributed by atoms with Crippen molar-refractivity contribution < 1.29 is 35.3 Å². The Hall–Kier alpha value is -2.92. The topological polar surface area (TPSA) is 38.9 Å². The van der Waals surface area contributed by atoms with Gasteiger partial charge in [0, 0.05) is 10.9 Å². The van der Waals surface area contributed by atoms with Crippen LogP contribution in [-0.2, 0) is 12.4 Å². The van der Waals surface area contributed by atoms with Crippen molar-refractivity contribution in [3.05, 3.63) is 69.5 Å². The minimum Gasteiger partial charge on any atom is -0.360 e. The molecule has 0 fully saturated rings. The van der Waals surface area contributed by atoms with Gasteiger partial charge in [0.05, 0.1) is 33.0 Å². The van der Waals surface area contributed by atoms with Gasteiger partial charge in [-0.2, -0.15) is 26.3 Å². The highest BCUT2D eigenvalue weighted by Gasteiger charge is 2.37. The summed E-state index contributed by atoms with van der Waals surface area (Å²) in [6.45, 7) is 1.51. The molecule has 0 aliphatic rings. The Morgan fingerprint density at radius 2 is 1.58 bits per heavy atom. The minimum absolute atomic E-state index is 0.0107. The third-order valence-corrected chi connectivity index (χ3v) is 5.84. The van der Waals surface area contributed by atoms with Crippen molar-refractivity contribution in [3.63, 3.8) is 0 Å². The molecule has 33 heavy (non-hydrogen) atoms. The molecule has 12 heteroatoms. The Bertz CT molecular complexity index is 1290. The van der Waals surface area contributed by atoms with E-state index in [9.17, 15) is 30.7 Å². The highest BCUT2D eigenvalue weighted by molar-refractivity contribution is 7.13. The van der Waals surface area contributed by atoms with E-state index in [1.807, 2.05) is 0 Å². The number of benzene rings is 2. The smallest absolute Gasteiger partial charge is 0.360 e. The van der Waals surface area contributed by atoms with E-state index >= 15 is 0 Å². The first kappa shape index (κ1) is 23.2. The van der Waals surface area contributed by atoms with Crippen LogP contribution in [0, 0.1) is 12.7 Å². The van der Waals surface area contributed by atoms with E-state index in [0.717, 1.165) is 17.4 Å². The van der Waals surface area contributed by atoms with Crippen LogP contribution in [-0.4, -0.2) is 10.1 Å². The average molecular weight is 507 g/mol. The Morgan fingerprint density at radius 1 is 0.939 bits per heavy atom. The molecular weight excluding hydrogens is 497 g/mol. The van der Waals surface area contributed by atoms with Gasteiger partial charge in [-0.05, 0) is 37.3 Å². The molecule has 2 aromatic heterocycles. The van der Waals surface area contributed by atoms with Crippen molar-refractivity contribution in [2.75, 3.05) is 0 Å². The minimum atomic E-state index is -4.99. The fraction of sp³-hybridized carbons (Fsp3) is 0.143. The summed E-state index contributed by atoms with van der Waals surface area (Å²) in [7, 11) is 0. The van der Waals surface area contributed by atoms with Gasteiger partial charge in [-0.25, -0.2) is 9.37 Å². The Labute approximate surface area is 190 Å². The van der Waals surface area contributed by atoms with Crippen molar-refractivity contribution in [3.8, 4) is 33.1 Å². The van der Waals surface area contributed by atoms with E-state index in [1.54, 1.807) is 0 Å². The molecule has 0 aliphatic heterocycles. The number of thiazole rings is 1. The van der Waals surface area contributed by atoms with Crippen molar-refractivity contribution in [1.29, 1.82) is 0 Å². The standard InChI is InChI=1S/C21H10ClF7N2OS/c1-9-16(18(31-32-9)17-13(22)3-2-4-14(17)23)19-30-15(8-33-19)10-5-11(20(24,25)26)7-12(6-10)21(27,28)29/h2-8H,1H3. The van der Waals surface area contributed by atoms with E-state index in [1.165, 1.54) is 24.4 Å². The molecule has 2 aromatic carbocycles. The molecule has 0 atom stereocenters. The molecule has 0 aliphatic carbocycles. The summed E-state index contributed by atoms with van der Waals surface area (Å²) >= 11 is 7.03. The predicted octanol–water partition coefficient (Wildman–Crippen LogP) is 8.27. The van der Waals surface area contributed by atoms with E-state index in [4.69, 9.17) is 16.1 Å². The molecule has 4 aromatic rings. The molecule has 0 N–H and O–H groups in total. The Balaban J connectivity index is 1.85. The van der Waals surface area contributed by atoms with Gasteiger partial charge in [-0.3, -0.25) is 0 Å². The molecule has 0 saturated carbocycles. The van der Waals surface area contributed by atoms with Gasteiger partial charge < -0.3 is 4.52 Å². The van der Waals surface area contributed by atoms with E-state index in [0.29, 0.717) is 12.1 Å². The normalized spacial score (nSPS) is 12.4. The number of hydrogen-bond acceptors (Lipinski definition) is 4. The van der Waals surface area contributed by atoms with Crippen molar-refractivity contribution in [2.24, 2.45) is 0 Å². The third kappa shape index (κ3) is 4.47. The first-order chi connectivity index (χ1) is 15.4. The van der Waals surface area contributed by atoms with Gasteiger partial charge in [0.1, 0.15) is 22.3 Å². The lowest BCUT2D eigenvalue weighted by Crippen LogP contribution is -2.11. The maximum absolute atomic E-state index is 14.4. The predicted molar refractivity (Wildman–Crippen MR) is 108 cm³/mol. The average Bonchev–Trinajstić information content (AvgIpc) is 3.33. The zero-order valence-electron chi connectivity index (χ0n) is 16.3. The number of aromatic nitrogens is 2. The molecule has 4 rings (SSSR count). The summed E-state index contributed by atoms with van der Waals surface area (Å²) in [5.74, 6) is -0.480. The maximum Gasteiger partial charge on any atom is 0.416 e. The van der Waals surface area contributed by atoms with Crippen molar-refractivity contribution in [2.45, 2.75) is 19.3 Å². The van der Waals surface area contributed by atoms with Gasteiger partial charge in [0.25, 0.3) is 0 Å². The highest BCUT2D eigenvalue weighted by Crippen LogP contribution is 2.42. The molecule has 3 nitrogen and oxygen atoms in total. The number of nitrogens with zero attached hydrogens (tertiary/aromatic N) is 2. The van der Waals surface area contributed by atoms with Crippen LogP contribution in [0.2, 0.25) is 5.02 Å². The van der Waals surface area contributed by atoms with Gasteiger partial charge >= 0.3 is 12.4 Å². The fourth-order valence-electron chi connectivity index (χ4n) is 3.14. The highest BCUT2D eigenvalue weighted by atomic mass is 35.5. The number of hydrogen-bond donors (Lipinski definition) is 0. The summed E-state index contributed by atoms with van der Waals surface area (Å²) in [5, 5.41) is 5.32. The number of aryl methyl sites for hydroxylation is 1. The maximum atomic E-state index is 14.4. The van der Waals surface area contributed by atoms with Crippen molar-refractivity contribution in [1.82, 2.24) is 10.1 Å². The van der Waals surface area contributed by atoms with Crippen LogP contribution in [0.15, 0.2) is 46.3 Å². The van der Waals surface area contributed by atoms with Crippen LogP contribution in [0.1, 0.15) is 16.9 Å². The lowest BCUT2D eigenvalue weighted by atomic mass is 10.0. The largest absolute Gasteiger partial charge is 0.416 e. The van der Waals surface area contributed by atoms with E-state index in [2.05, 4.69) is 10.1 Å². The molecule has 0 bridgehead atoms. The van der Waals surface area contributed by atoms with Crippen molar-refractivity contribution >= 4 is 22.9 Å². The summed E-state index contributed by atoms with van der Waals surface area (Å²) in [4.78, 5) is 4.19. The van der Waals surface area contributed by atoms with E-state index < -0.39 is 29.3 Å². The Morgan fingerprint density at radius 3 is 2.15 bits per heavy atom. The zero-order chi connectivity index (χ0) is 24.1. The second-order valence-electron chi connectivity index (χ2n) is 6.89. The van der Waals surface area contributed by atoms with Crippen LogP contribution < -0.4 is 0 Å². The number of alkyl halides is 6. The summed E-state index contributed by atoms with van der Waals surface area (Å²) < 4.78 is 98.8. The van der Waals surface area contributed by atoms with Gasteiger partial charge in [0.2, 0.25) is 0 Å². The number of halogens is 8. The molecule has 0 radical (unpaired) electrons. The Kier molecular flexibility index (Phi) is 5.73. The lowest BCUT2D eigenvalue weighted by Gasteiger charge is -2.13. The summed E-state index contributed by atoms with van der Waals surface area (Å²) in [6, 6.07) is 5.19. The molecule has 0 saturated heterocycles. The van der Waals surface area contributed by atoms with Gasteiger partial charge in [-0.15, -0.1) is 11.3 Å². The third-order valence-electron chi connectivity index (χ3n) is 4.66. The summed E-state index contributed by atoms with van der Waals surface area (Å²) in [6.07, 6.45) is -9.98. The molecule has 0 spiro atoms. The van der Waals surface area contributed by atoms with Crippen LogP contribution in [0.5, 0.6) is 0 Å². The first-order valence-corrected chi connectivity index (χ1v) is 10.3. The molecule has 0 unspecified atom stereocenters. The molecule has 0 amide bonds. The second-order valence-corrected chi connectivity index (χ2v) is 8.16. The summed E-state index contributed by atoms with van der Waals surface area (Å²) in [5.41, 5.74) is -3.25. The fourth-order valence-corrected chi connectivity index (χ4v) is 4.32. The van der Waals surface area contributed by atoms with Gasteiger partial charge in [-0.1, -0.05) is 22.8 Å². The SMILES string of the molecule is Cc1onc(-c2c(F)cccc2Cl)c1-c1nc(-c2cc(C(F)(F)F)cc(C(F)(F)F)c2)cs1. The quantitative estimate of drug-likeness (QED) is 0.262. The van der Waals surface area contributed by atoms with Crippen LogP contribution >= 0.6 is 22.9 Å². The van der Waals surface area contributed by atoms with Crippen LogP contribution in [0.4, 0.5) is 30.7 Å². The van der Waals surface area contributed by atoms with Crippen LogP contribution in [0.3, 0.4) is 0 Å². The lowest BCUT2D eigenvalue weighted by molar-refractivity contribution is -0.143. The van der Waals surface area contributed by atoms with E-state index in [-0.39, 0.29) is 49.9 Å². The second kappa shape index (κ2) is 8.14. The first-order valence-electron chi connectivity index (χ1n) is 9.02. The van der Waals surface area contributed by atoms with Crippen LogP contribution in [0.25, 0.3) is 33.1 Å². The molecule has 2 heterocycles. The molecular formula is C21H10ClF7N2OS. The molecule has 172 valence electrons. The zero-order valence-corrected chi connectivity index (χ0v) is 17.8. The number of rotatable bonds is 3. The monoisotopic (exact) mass is 506 g/mol.